The van der Waals surface area contributed by atoms with E-state index in [4.69, 9.17) is 9.84 Å². The van der Waals surface area contributed by atoms with Crippen molar-refractivity contribution in [1.29, 1.82) is 5.26 Å². The van der Waals surface area contributed by atoms with Crippen LogP contribution in [0.25, 0.3) is 11.3 Å². The molecule has 1 amide bonds. The first kappa shape index (κ1) is 20.3. The summed E-state index contributed by atoms with van der Waals surface area (Å²) in [5.74, 6) is -0.345. The van der Waals surface area contributed by atoms with Gasteiger partial charge in [-0.2, -0.15) is 5.26 Å². The SMILES string of the molecule is CN(C)C(=O)C1CCC(Oc2ccc(-c3cc(C(=O)O)ccn3)cc2C#N)CC1. The molecule has 2 aromatic rings. The number of aromatic nitrogens is 1. The summed E-state index contributed by atoms with van der Waals surface area (Å²) in [6.07, 6.45) is 4.47. The number of ether oxygens (including phenoxy) is 1. The number of hydrogen-bond donors (Lipinski definition) is 1. The maximum Gasteiger partial charge on any atom is 0.335 e. The lowest BCUT2D eigenvalue weighted by molar-refractivity contribution is -0.134. The van der Waals surface area contributed by atoms with E-state index in [9.17, 15) is 14.9 Å². The molecule has 1 saturated carbocycles. The fourth-order valence-corrected chi connectivity index (χ4v) is 3.57. The van der Waals surface area contributed by atoms with Crippen molar-refractivity contribution in [2.24, 2.45) is 5.92 Å². The minimum atomic E-state index is -1.03. The zero-order valence-corrected chi connectivity index (χ0v) is 16.5. The van der Waals surface area contributed by atoms with Gasteiger partial charge < -0.3 is 14.7 Å². The Kier molecular flexibility index (Phi) is 6.13. The topological polar surface area (TPSA) is 104 Å². The Hall–Kier alpha value is -3.40. The lowest BCUT2D eigenvalue weighted by atomic mass is 9.86. The number of benzene rings is 1. The van der Waals surface area contributed by atoms with E-state index in [0.29, 0.717) is 22.6 Å². The first-order valence-corrected chi connectivity index (χ1v) is 9.50. The van der Waals surface area contributed by atoms with Gasteiger partial charge in [-0.3, -0.25) is 9.78 Å². The van der Waals surface area contributed by atoms with Crippen molar-refractivity contribution < 1.29 is 19.4 Å². The fraction of sp³-hybridized carbons (Fsp3) is 0.364. The van der Waals surface area contributed by atoms with Crippen molar-refractivity contribution in [2.45, 2.75) is 31.8 Å². The molecule has 3 rings (SSSR count). The van der Waals surface area contributed by atoms with Crippen LogP contribution in [-0.2, 0) is 4.79 Å². The van der Waals surface area contributed by atoms with Gasteiger partial charge in [-0.1, -0.05) is 0 Å². The number of nitriles is 1. The Morgan fingerprint density at radius 2 is 1.90 bits per heavy atom. The van der Waals surface area contributed by atoms with Crippen LogP contribution in [-0.4, -0.2) is 47.1 Å². The van der Waals surface area contributed by atoms with Gasteiger partial charge in [0.25, 0.3) is 0 Å². The molecule has 1 N–H and O–H groups in total. The van der Waals surface area contributed by atoms with Gasteiger partial charge in [0.05, 0.1) is 22.9 Å². The Morgan fingerprint density at radius 1 is 1.17 bits per heavy atom. The summed E-state index contributed by atoms with van der Waals surface area (Å²) in [5.41, 5.74) is 1.64. The number of aromatic carboxylic acids is 1. The largest absolute Gasteiger partial charge is 0.489 e. The number of amides is 1. The van der Waals surface area contributed by atoms with Crippen molar-refractivity contribution >= 4 is 11.9 Å². The van der Waals surface area contributed by atoms with Crippen LogP contribution in [0.3, 0.4) is 0 Å². The van der Waals surface area contributed by atoms with E-state index >= 15 is 0 Å². The second kappa shape index (κ2) is 8.74. The van der Waals surface area contributed by atoms with E-state index in [-0.39, 0.29) is 23.5 Å². The van der Waals surface area contributed by atoms with Crippen LogP contribution in [0.4, 0.5) is 0 Å². The Bertz CT molecular complexity index is 957. The maximum absolute atomic E-state index is 12.1. The Morgan fingerprint density at radius 3 is 2.52 bits per heavy atom. The first-order valence-electron chi connectivity index (χ1n) is 9.50. The molecule has 29 heavy (non-hydrogen) atoms. The van der Waals surface area contributed by atoms with Crippen molar-refractivity contribution in [1.82, 2.24) is 9.88 Å². The van der Waals surface area contributed by atoms with Crippen LogP contribution in [0.15, 0.2) is 36.5 Å². The number of pyridine rings is 1. The minimum Gasteiger partial charge on any atom is -0.489 e. The molecule has 150 valence electrons. The van der Waals surface area contributed by atoms with E-state index in [0.717, 1.165) is 25.7 Å². The van der Waals surface area contributed by atoms with Gasteiger partial charge in [0.15, 0.2) is 0 Å². The number of carbonyl (C=O) groups excluding carboxylic acids is 1. The number of carboxylic acid groups (broad SMARTS) is 1. The van der Waals surface area contributed by atoms with Gasteiger partial charge in [0.1, 0.15) is 11.8 Å². The van der Waals surface area contributed by atoms with Gasteiger partial charge in [-0.05, 0) is 56.0 Å². The highest BCUT2D eigenvalue weighted by atomic mass is 16.5. The summed E-state index contributed by atoms with van der Waals surface area (Å²) in [6, 6.07) is 10.2. The highest BCUT2D eigenvalue weighted by Crippen LogP contribution is 2.31. The highest BCUT2D eigenvalue weighted by Gasteiger charge is 2.28. The summed E-state index contributed by atoms with van der Waals surface area (Å²) in [7, 11) is 3.54. The maximum atomic E-state index is 12.1. The third kappa shape index (κ3) is 4.72. The molecule has 1 aliphatic rings. The van der Waals surface area contributed by atoms with Crippen molar-refractivity contribution in [3.8, 4) is 23.1 Å². The first-order chi connectivity index (χ1) is 13.9. The molecule has 1 fully saturated rings. The summed E-state index contributed by atoms with van der Waals surface area (Å²) >= 11 is 0. The molecule has 0 bridgehead atoms. The van der Waals surface area contributed by atoms with Gasteiger partial charge in [-0.25, -0.2) is 4.79 Å². The third-order valence-electron chi connectivity index (χ3n) is 5.16. The lowest BCUT2D eigenvalue weighted by Crippen LogP contribution is -2.34. The standard InChI is InChI=1S/C22H23N3O4/c1-25(2)21(26)14-3-6-18(7-4-14)29-20-8-5-15(11-17(20)13-23)19-12-16(22(27)28)9-10-24-19/h5,8-12,14,18H,3-4,6-7H2,1-2H3,(H,27,28). The summed E-state index contributed by atoms with van der Waals surface area (Å²) in [6.45, 7) is 0. The van der Waals surface area contributed by atoms with Crippen LogP contribution in [0, 0.1) is 17.2 Å². The molecule has 0 spiro atoms. The van der Waals surface area contributed by atoms with Crippen LogP contribution in [0.5, 0.6) is 5.75 Å². The third-order valence-corrected chi connectivity index (χ3v) is 5.16. The van der Waals surface area contributed by atoms with Gasteiger partial charge >= 0.3 is 5.97 Å². The van der Waals surface area contributed by atoms with E-state index in [1.807, 2.05) is 0 Å². The predicted octanol–water partition coefficient (Wildman–Crippen LogP) is 3.34. The van der Waals surface area contributed by atoms with Crippen LogP contribution in [0.1, 0.15) is 41.6 Å². The number of rotatable bonds is 5. The van der Waals surface area contributed by atoms with Crippen LogP contribution >= 0.6 is 0 Å². The summed E-state index contributed by atoms with van der Waals surface area (Å²) in [4.78, 5) is 29.1. The number of hydrogen-bond acceptors (Lipinski definition) is 5. The van der Waals surface area contributed by atoms with E-state index in [1.165, 1.54) is 18.3 Å². The normalized spacial score (nSPS) is 18.5. The van der Waals surface area contributed by atoms with Crippen molar-refractivity contribution in [3.63, 3.8) is 0 Å². The van der Waals surface area contributed by atoms with Gasteiger partial charge in [0, 0.05) is 31.8 Å². The number of nitrogens with zero attached hydrogens (tertiary/aromatic N) is 3. The molecule has 0 saturated heterocycles. The summed E-state index contributed by atoms with van der Waals surface area (Å²) in [5, 5.41) is 18.7. The zero-order valence-electron chi connectivity index (χ0n) is 16.5. The van der Waals surface area contributed by atoms with E-state index < -0.39 is 5.97 Å². The highest BCUT2D eigenvalue weighted by molar-refractivity contribution is 5.88. The second-order valence-corrected chi connectivity index (χ2v) is 7.38. The molecular formula is C22H23N3O4. The average molecular weight is 393 g/mol. The van der Waals surface area contributed by atoms with Gasteiger partial charge in [-0.15, -0.1) is 0 Å². The monoisotopic (exact) mass is 393 g/mol. The lowest BCUT2D eigenvalue weighted by Gasteiger charge is -2.30. The Balaban J connectivity index is 1.72. The summed E-state index contributed by atoms with van der Waals surface area (Å²) < 4.78 is 6.06. The van der Waals surface area contributed by atoms with Crippen LogP contribution in [0.2, 0.25) is 0 Å². The van der Waals surface area contributed by atoms with E-state index in [2.05, 4.69) is 11.1 Å². The Labute approximate surface area is 169 Å². The van der Waals surface area contributed by atoms with Crippen LogP contribution < -0.4 is 4.74 Å². The fourth-order valence-electron chi connectivity index (χ4n) is 3.57. The molecule has 0 radical (unpaired) electrons. The van der Waals surface area contributed by atoms with Crippen molar-refractivity contribution in [2.75, 3.05) is 14.1 Å². The average Bonchev–Trinajstić information content (AvgIpc) is 2.74. The molecule has 7 nitrogen and oxygen atoms in total. The molecule has 1 heterocycles. The number of carbonyl (C=O) groups is 2. The molecule has 0 atom stereocenters. The number of carboxylic acids is 1. The second-order valence-electron chi connectivity index (χ2n) is 7.38. The minimum absolute atomic E-state index is 0.0346. The molecular weight excluding hydrogens is 370 g/mol. The van der Waals surface area contributed by atoms with E-state index in [1.54, 1.807) is 37.2 Å². The molecule has 1 aromatic heterocycles. The molecule has 0 unspecified atom stereocenters. The molecule has 7 heteroatoms. The quantitative estimate of drug-likeness (QED) is 0.835. The van der Waals surface area contributed by atoms with Gasteiger partial charge in [0.2, 0.25) is 5.91 Å². The zero-order chi connectivity index (χ0) is 21.0. The molecule has 1 aliphatic carbocycles. The smallest absolute Gasteiger partial charge is 0.335 e. The molecule has 1 aromatic carbocycles. The van der Waals surface area contributed by atoms with Crippen molar-refractivity contribution in [3.05, 3.63) is 47.7 Å². The molecule has 0 aliphatic heterocycles. The predicted molar refractivity (Wildman–Crippen MR) is 106 cm³/mol.